The average Bonchev–Trinajstić information content (AvgIpc) is 2.96. The highest BCUT2D eigenvalue weighted by molar-refractivity contribution is 5.63. The number of aliphatic hydroxyl groups excluding tert-OH is 1. The van der Waals surface area contributed by atoms with E-state index >= 15 is 0 Å². The molecule has 3 heteroatoms. The molecule has 0 aromatic heterocycles. The Kier molecular flexibility index (Phi) is 3.60. The summed E-state index contributed by atoms with van der Waals surface area (Å²) in [6.07, 6.45) is 0.409. The van der Waals surface area contributed by atoms with E-state index < -0.39 is 6.10 Å². The van der Waals surface area contributed by atoms with Crippen molar-refractivity contribution in [2.75, 3.05) is 19.0 Å². The number of anilines is 1. The lowest BCUT2D eigenvalue weighted by atomic mass is 9.93. The van der Waals surface area contributed by atoms with Crippen molar-refractivity contribution in [1.82, 2.24) is 0 Å². The van der Waals surface area contributed by atoms with E-state index in [1.165, 1.54) is 5.56 Å². The molecule has 3 nitrogen and oxygen atoms in total. The molecule has 0 radical (unpaired) electrons. The Morgan fingerprint density at radius 1 is 1.14 bits per heavy atom. The number of benzene rings is 2. The molecule has 1 heterocycles. The maximum atomic E-state index is 10.8. The second-order valence-corrected chi connectivity index (χ2v) is 5.64. The topological polar surface area (TPSA) is 41.5 Å². The van der Waals surface area contributed by atoms with Crippen LogP contribution in [0.5, 0.6) is 5.75 Å². The monoisotopic (exact) mass is 283 g/mol. The zero-order chi connectivity index (χ0) is 15.0. The van der Waals surface area contributed by atoms with Gasteiger partial charge in [-0.15, -0.1) is 0 Å². The Bertz CT molecular complexity index is 679. The van der Waals surface area contributed by atoms with Gasteiger partial charge in [-0.05, 0) is 54.7 Å². The number of aliphatic hydroxyl groups is 1. The van der Waals surface area contributed by atoms with E-state index in [-0.39, 0.29) is 0 Å². The van der Waals surface area contributed by atoms with E-state index in [0.717, 1.165) is 46.7 Å². The normalized spacial score (nSPS) is 14.5. The van der Waals surface area contributed by atoms with E-state index in [1.54, 1.807) is 7.11 Å². The van der Waals surface area contributed by atoms with Crippen LogP contribution in [0, 0.1) is 13.8 Å². The molecule has 110 valence electrons. The Labute approximate surface area is 125 Å². The molecule has 0 saturated carbocycles. The summed E-state index contributed by atoms with van der Waals surface area (Å²) in [5.74, 6) is 0.861. The molecule has 0 fully saturated rings. The number of nitrogens with one attached hydrogen (secondary N) is 1. The molecule has 2 aromatic carbocycles. The summed E-state index contributed by atoms with van der Waals surface area (Å²) in [7, 11) is 1.67. The number of methoxy groups -OCH3 is 1. The molecule has 2 aromatic rings. The van der Waals surface area contributed by atoms with E-state index in [4.69, 9.17) is 4.74 Å². The third-order valence-corrected chi connectivity index (χ3v) is 4.25. The highest BCUT2D eigenvalue weighted by Crippen LogP contribution is 2.36. The summed E-state index contributed by atoms with van der Waals surface area (Å²) in [6, 6.07) is 10.2. The molecule has 2 N–H and O–H groups in total. The molecule has 0 saturated heterocycles. The van der Waals surface area contributed by atoms with Crippen LogP contribution in [0.15, 0.2) is 30.3 Å². The van der Waals surface area contributed by atoms with Crippen molar-refractivity contribution < 1.29 is 9.84 Å². The largest absolute Gasteiger partial charge is 0.496 e. The number of hydrogen-bond donors (Lipinski definition) is 2. The minimum Gasteiger partial charge on any atom is -0.496 e. The van der Waals surface area contributed by atoms with Gasteiger partial charge in [0.1, 0.15) is 11.9 Å². The van der Waals surface area contributed by atoms with Crippen molar-refractivity contribution in [2.24, 2.45) is 0 Å². The third kappa shape index (κ3) is 2.38. The summed E-state index contributed by atoms with van der Waals surface area (Å²) in [6.45, 7) is 4.96. The quantitative estimate of drug-likeness (QED) is 0.907. The predicted molar refractivity (Wildman–Crippen MR) is 85.2 cm³/mol. The lowest BCUT2D eigenvalue weighted by molar-refractivity contribution is 0.220. The third-order valence-electron chi connectivity index (χ3n) is 4.25. The first-order valence-electron chi connectivity index (χ1n) is 7.30. The number of para-hydroxylation sites is 1. The SMILES string of the molecule is COc1cc(C)c(C(O)c2cccc3c2NCC3)cc1C. The first kappa shape index (κ1) is 14.0. The van der Waals surface area contributed by atoms with Gasteiger partial charge in [0.2, 0.25) is 0 Å². The highest BCUT2D eigenvalue weighted by Gasteiger charge is 2.21. The lowest BCUT2D eigenvalue weighted by Crippen LogP contribution is -2.06. The van der Waals surface area contributed by atoms with Crippen LogP contribution < -0.4 is 10.1 Å². The number of aryl methyl sites for hydroxylation is 2. The van der Waals surface area contributed by atoms with Gasteiger partial charge in [0.05, 0.1) is 7.11 Å². The fraction of sp³-hybridized carbons (Fsp3) is 0.333. The van der Waals surface area contributed by atoms with Crippen molar-refractivity contribution in [3.63, 3.8) is 0 Å². The van der Waals surface area contributed by atoms with E-state index in [2.05, 4.69) is 11.4 Å². The molecule has 0 bridgehead atoms. The molecule has 0 amide bonds. The molecule has 3 rings (SSSR count). The van der Waals surface area contributed by atoms with Crippen LogP contribution in [0.3, 0.4) is 0 Å². The Hall–Kier alpha value is -2.00. The minimum atomic E-state index is -0.616. The van der Waals surface area contributed by atoms with Gasteiger partial charge in [0.25, 0.3) is 0 Å². The summed E-state index contributed by atoms with van der Waals surface area (Å²) in [4.78, 5) is 0. The van der Waals surface area contributed by atoms with E-state index in [9.17, 15) is 5.11 Å². The lowest BCUT2D eigenvalue weighted by Gasteiger charge is -2.19. The van der Waals surface area contributed by atoms with Gasteiger partial charge in [-0.1, -0.05) is 18.2 Å². The zero-order valence-electron chi connectivity index (χ0n) is 12.7. The number of hydrogen-bond acceptors (Lipinski definition) is 3. The summed E-state index contributed by atoms with van der Waals surface area (Å²) in [5.41, 5.74) is 6.36. The van der Waals surface area contributed by atoms with Gasteiger partial charge >= 0.3 is 0 Å². The van der Waals surface area contributed by atoms with Crippen LogP contribution >= 0.6 is 0 Å². The summed E-state index contributed by atoms with van der Waals surface area (Å²) >= 11 is 0. The first-order valence-corrected chi connectivity index (χ1v) is 7.30. The van der Waals surface area contributed by atoms with Crippen LogP contribution in [0.2, 0.25) is 0 Å². The predicted octanol–water partition coefficient (Wildman–Crippen LogP) is 3.36. The molecule has 1 aliphatic rings. The maximum absolute atomic E-state index is 10.8. The van der Waals surface area contributed by atoms with Gasteiger partial charge < -0.3 is 15.2 Å². The molecular weight excluding hydrogens is 262 g/mol. The van der Waals surface area contributed by atoms with Gasteiger partial charge in [-0.25, -0.2) is 0 Å². The molecule has 1 atom stereocenters. The first-order chi connectivity index (χ1) is 10.1. The fourth-order valence-corrected chi connectivity index (χ4v) is 3.09. The second kappa shape index (κ2) is 5.41. The van der Waals surface area contributed by atoms with Gasteiger partial charge in [0.15, 0.2) is 0 Å². The molecule has 1 aliphatic heterocycles. The molecular formula is C18H21NO2. The Morgan fingerprint density at radius 2 is 1.95 bits per heavy atom. The Balaban J connectivity index is 2.05. The molecule has 21 heavy (non-hydrogen) atoms. The van der Waals surface area contributed by atoms with E-state index in [0.29, 0.717) is 0 Å². The van der Waals surface area contributed by atoms with Crippen molar-refractivity contribution in [3.8, 4) is 5.75 Å². The number of fused-ring (bicyclic) bond motifs is 1. The highest BCUT2D eigenvalue weighted by atomic mass is 16.5. The summed E-state index contributed by atoms with van der Waals surface area (Å²) < 4.78 is 5.35. The molecule has 1 unspecified atom stereocenters. The average molecular weight is 283 g/mol. The summed E-state index contributed by atoms with van der Waals surface area (Å²) in [5, 5.41) is 14.2. The number of ether oxygens (including phenoxy) is 1. The minimum absolute atomic E-state index is 0.616. The standard InChI is InChI=1S/C18H21NO2/c1-11-10-16(21-3)12(2)9-15(11)18(20)14-6-4-5-13-7-8-19-17(13)14/h4-6,9-10,18-20H,7-8H2,1-3H3. The van der Waals surface area contributed by atoms with Crippen LogP contribution in [0.25, 0.3) is 0 Å². The van der Waals surface area contributed by atoms with Crippen LogP contribution in [0.1, 0.15) is 33.9 Å². The molecule has 0 spiro atoms. The fourth-order valence-electron chi connectivity index (χ4n) is 3.09. The Morgan fingerprint density at radius 3 is 2.71 bits per heavy atom. The van der Waals surface area contributed by atoms with E-state index in [1.807, 2.05) is 38.1 Å². The molecule has 0 aliphatic carbocycles. The van der Waals surface area contributed by atoms with Crippen molar-refractivity contribution in [1.29, 1.82) is 0 Å². The van der Waals surface area contributed by atoms with Crippen LogP contribution in [-0.2, 0) is 6.42 Å². The van der Waals surface area contributed by atoms with Crippen molar-refractivity contribution in [3.05, 3.63) is 58.1 Å². The number of rotatable bonds is 3. The van der Waals surface area contributed by atoms with Crippen LogP contribution in [-0.4, -0.2) is 18.8 Å². The van der Waals surface area contributed by atoms with Gasteiger partial charge in [-0.3, -0.25) is 0 Å². The van der Waals surface area contributed by atoms with Gasteiger partial charge in [-0.2, -0.15) is 0 Å². The second-order valence-electron chi connectivity index (χ2n) is 5.64. The smallest absolute Gasteiger partial charge is 0.122 e. The maximum Gasteiger partial charge on any atom is 0.122 e. The van der Waals surface area contributed by atoms with Crippen LogP contribution in [0.4, 0.5) is 5.69 Å². The zero-order valence-corrected chi connectivity index (χ0v) is 12.7. The van der Waals surface area contributed by atoms with Crippen molar-refractivity contribution in [2.45, 2.75) is 26.4 Å². The van der Waals surface area contributed by atoms with Gasteiger partial charge in [0, 0.05) is 17.8 Å². The van der Waals surface area contributed by atoms with Crippen molar-refractivity contribution >= 4 is 5.69 Å².